The van der Waals surface area contributed by atoms with Crippen molar-refractivity contribution in [3.63, 3.8) is 0 Å². The highest BCUT2D eigenvalue weighted by Crippen LogP contribution is 2.53. The Balaban J connectivity index is 2.27. The van der Waals surface area contributed by atoms with E-state index in [-0.39, 0.29) is 10.8 Å². The van der Waals surface area contributed by atoms with Gasteiger partial charge in [0, 0.05) is 5.92 Å². The summed E-state index contributed by atoms with van der Waals surface area (Å²) in [5.41, 5.74) is 9.10. The molecule has 0 amide bonds. The summed E-state index contributed by atoms with van der Waals surface area (Å²) < 4.78 is 0. The molecule has 2 aromatic rings. The summed E-state index contributed by atoms with van der Waals surface area (Å²) in [7, 11) is 0. The Bertz CT molecular complexity index is 721. The molecule has 0 bridgehead atoms. The minimum Gasteiger partial charge on any atom is -0.0593 e. The maximum Gasteiger partial charge on any atom is 0.0150 e. The average molecular weight is 292 g/mol. The van der Waals surface area contributed by atoms with E-state index in [9.17, 15) is 0 Å². The van der Waals surface area contributed by atoms with E-state index in [1.807, 2.05) is 0 Å². The van der Waals surface area contributed by atoms with Crippen molar-refractivity contribution in [2.45, 2.75) is 59.8 Å². The van der Waals surface area contributed by atoms with Crippen molar-refractivity contribution in [2.24, 2.45) is 5.41 Å². The first kappa shape index (κ1) is 15.3. The van der Waals surface area contributed by atoms with Crippen molar-refractivity contribution in [1.82, 2.24) is 0 Å². The molecule has 1 atom stereocenters. The summed E-state index contributed by atoms with van der Waals surface area (Å²) in [6, 6.07) is 14.1. The van der Waals surface area contributed by atoms with Crippen LogP contribution in [0.5, 0.6) is 0 Å². The second-order valence-electron chi connectivity index (χ2n) is 8.94. The zero-order chi connectivity index (χ0) is 16.3. The first-order valence-electron chi connectivity index (χ1n) is 8.34. The molecular weight excluding hydrogens is 264 g/mol. The first-order chi connectivity index (χ1) is 10.1. The zero-order valence-electron chi connectivity index (χ0n) is 15.0. The van der Waals surface area contributed by atoms with Gasteiger partial charge in [0.1, 0.15) is 0 Å². The van der Waals surface area contributed by atoms with E-state index >= 15 is 0 Å². The highest BCUT2D eigenvalue weighted by Gasteiger charge is 2.37. The summed E-state index contributed by atoms with van der Waals surface area (Å²) in [6.45, 7) is 16.2. The molecule has 22 heavy (non-hydrogen) atoms. The van der Waals surface area contributed by atoms with Crippen molar-refractivity contribution in [3.8, 4) is 11.1 Å². The largest absolute Gasteiger partial charge is 0.0593 e. The molecule has 0 heterocycles. The molecule has 0 saturated heterocycles. The van der Waals surface area contributed by atoms with Crippen molar-refractivity contribution < 1.29 is 0 Å². The lowest BCUT2D eigenvalue weighted by atomic mass is 9.74. The molecule has 1 aliphatic carbocycles. The molecule has 0 heteroatoms. The third-order valence-electron chi connectivity index (χ3n) is 4.90. The summed E-state index contributed by atoms with van der Waals surface area (Å²) in [5, 5.41) is 0. The normalized spacial score (nSPS) is 17.3. The molecule has 0 fully saturated rings. The summed E-state index contributed by atoms with van der Waals surface area (Å²) >= 11 is 0. The zero-order valence-corrected chi connectivity index (χ0v) is 15.0. The third kappa shape index (κ3) is 2.39. The van der Waals surface area contributed by atoms with E-state index < -0.39 is 0 Å². The van der Waals surface area contributed by atoms with Crippen LogP contribution >= 0.6 is 0 Å². The smallest absolute Gasteiger partial charge is 0.0150 e. The van der Waals surface area contributed by atoms with E-state index in [2.05, 4.69) is 84.9 Å². The van der Waals surface area contributed by atoms with Crippen LogP contribution in [0.3, 0.4) is 0 Å². The van der Waals surface area contributed by atoms with Gasteiger partial charge in [0.25, 0.3) is 0 Å². The standard InChI is InChI=1S/C22H28/c1-14-8-10-16-17-11-9-15(21(2,3)4)13-19(17)20(18(16)12-14)22(5,6)7/h8-13,20H,1-7H3. The lowest BCUT2D eigenvalue weighted by Crippen LogP contribution is -2.19. The van der Waals surface area contributed by atoms with Gasteiger partial charge in [-0.2, -0.15) is 0 Å². The van der Waals surface area contributed by atoms with Gasteiger partial charge in [0.05, 0.1) is 0 Å². The maximum atomic E-state index is 2.46. The number of fused-ring (bicyclic) bond motifs is 3. The molecule has 0 spiro atoms. The maximum absolute atomic E-state index is 2.46. The van der Waals surface area contributed by atoms with Crippen LogP contribution in [0.25, 0.3) is 11.1 Å². The highest BCUT2D eigenvalue weighted by molar-refractivity contribution is 5.80. The van der Waals surface area contributed by atoms with E-state index in [1.165, 1.54) is 33.4 Å². The number of aryl methyl sites for hydroxylation is 1. The minimum absolute atomic E-state index is 0.197. The molecule has 3 rings (SSSR count). The first-order valence-corrected chi connectivity index (χ1v) is 8.34. The van der Waals surface area contributed by atoms with Crippen LogP contribution in [0.15, 0.2) is 36.4 Å². The molecule has 0 aliphatic heterocycles. The van der Waals surface area contributed by atoms with Gasteiger partial charge in [-0.15, -0.1) is 0 Å². The fraction of sp³-hybridized carbons (Fsp3) is 0.455. The molecule has 116 valence electrons. The second kappa shape index (κ2) is 4.72. The molecule has 0 N–H and O–H groups in total. The van der Waals surface area contributed by atoms with E-state index in [0.717, 1.165) is 0 Å². The fourth-order valence-electron chi connectivity index (χ4n) is 3.78. The van der Waals surface area contributed by atoms with E-state index in [0.29, 0.717) is 5.92 Å². The van der Waals surface area contributed by atoms with Gasteiger partial charge < -0.3 is 0 Å². The quantitative estimate of drug-likeness (QED) is 0.523. The second-order valence-corrected chi connectivity index (χ2v) is 8.94. The average Bonchev–Trinajstić information content (AvgIpc) is 2.69. The molecule has 0 nitrogen and oxygen atoms in total. The summed E-state index contributed by atoms with van der Waals surface area (Å²) in [6.07, 6.45) is 0. The molecule has 2 aromatic carbocycles. The van der Waals surface area contributed by atoms with Gasteiger partial charge in [-0.3, -0.25) is 0 Å². The Kier molecular flexibility index (Phi) is 3.29. The minimum atomic E-state index is 0.197. The number of hydrogen-bond donors (Lipinski definition) is 0. The monoisotopic (exact) mass is 292 g/mol. The topological polar surface area (TPSA) is 0 Å². The molecule has 0 aromatic heterocycles. The van der Waals surface area contributed by atoms with Gasteiger partial charge >= 0.3 is 0 Å². The lowest BCUT2D eigenvalue weighted by Gasteiger charge is -2.30. The molecule has 0 radical (unpaired) electrons. The Labute approximate surface area is 135 Å². The fourth-order valence-corrected chi connectivity index (χ4v) is 3.78. The van der Waals surface area contributed by atoms with E-state index in [1.54, 1.807) is 0 Å². The summed E-state index contributed by atoms with van der Waals surface area (Å²) in [4.78, 5) is 0. The van der Waals surface area contributed by atoms with Gasteiger partial charge in [-0.25, -0.2) is 0 Å². The number of rotatable bonds is 0. The van der Waals surface area contributed by atoms with Crippen LogP contribution in [0.2, 0.25) is 0 Å². The Morgan fingerprint density at radius 3 is 1.82 bits per heavy atom. The van der Waals surface area contributed by atoms with Crippen LogP contribution in [0, 0.1) is 12.3 Å². The molecule has 1 unspecified atom stereocenters. The Morgan fingerprint density at radius 2 is 1.27 bits per heavy atom. The van der Waals surface area contributed by atoms with Crippen molar-refractivity contribution >= 4 is 0 Å². The molecular formula is C22H28. The van der Waals surface area contributed by atoms with Gasteiger partial charge in [0.15, 0.2) is 0 Å². The highest BCUT2D eigenvalue weighted by atomic mass is 14.4. The van der Waals surface area contributed by atoms with Crippen molar-refractivity contribution in [1.29, 1.82) is 0 Å². The predicted molar refractivity (Wildman–Crippen MR) is 96.6 cm³/mol. The van der Waals surface area contributed by atoms with Crippen LogP contribution in [0.4, 0.5) is 0 Å². The molecule has 0 saturated carbocycles. The van der Waals surface area contributed by atoms with E-state index in [4.69, 9.17) is 0 Å². The Morgan fingerprint density at radius 1 is 0.727 bits per heavy atom. The SMILES string of the molecule is Cc1ccc2c(c1)C(C(C)(C)C)c1cc(C(C)(C)C)ccc1-2. The predicted octanol–water partition coefficient (Wildman–Crippen LogP) is 6.45. The third-order valence-corrected chi connectivity index (χ3v) is 4.90. The summed E-state index contributed by atoms with van der Waals surface area (Å²) in [5.74, 6) is 0.486. The lowest BCUT2D eigenvalue weighted by molar-refractivity contribution is 0.363. The Hall–Kier alpha value is -1.56. The number of benzene rings is 2. The van der Waals surface area contributed by atoms with Gasteiger partial charge in [0.2, 0.25) is 0 Å². The van der Waals surface area contributed by atoms with Crippen molar-refractivity contribution in [2.75, 3.05) is 0 Å². The van der Waals surface area contributed by atoms with Gasteiger partial charge in [-0.05, 0) is 45.6 Å². The molecule has 1 aliphatic rings. The van der Waals surface area contributed by atoms with Crippen LogP contribution in [-0.4, -0.2) is 0 Å². The van der Waals surface area contributed by atoms with Crippen LogP contribution in [-0.2, 0) is 5.41 Å². The number of hydrogen-bond acceptors (Lipinski definition) is 0. The van der Waals surface area contributed by atoms with Crippen molar-refractivity contribution in [3.05, 3.63) is 58.7 Å². The van der Waals surface area contributed by atoms with Crippen LogP contribution in [0.1, 0.15) is 69.7 Å². The van der Waals surface area contributed by atoms with Gasteiger partial charge in [-0.1, -0.05) is 83.5 Å². The van der Waals surface area contributed by atoms with Crippen LogP contribution < -0.4 is 0 Å².